The zero-order chi connectivity index (χ0) is 19.3. The first-order valence-electron chi connectivity index (χ1n) is 9.71. The third-order valence-electron chi connectivity index (χ3n) is 4.96. The smallest absolute Gasteiger partial charge is 0.214 e. The zero-order valence-corrected chi connectivity index (χ0v) is 17.2. The van der Waals surface area contributed by atoms with Crippen LogP contribution in [-0.4, -0.2) is 44.0 Å². The SMILES string of the molecule is CN(C)Cc1cc2c(o1)CCN(S(=O)(=O)CCCCCc1ccccc1)C2. The second kappa shape index (κ2) is 9.04. The highest BCUT2D eigenvalue weighted by molar-refractivity contribution is 7.89. The predicted molar refractivity (Wildman–Crippen MR) is 108 cm³/mol. The molecule has 0 fully saturated rings. The number of sulfonamides is 1. The standard InChI is InChI=1S/C21H30N2O3S/c1-22(2)17-20-15-19-16-23(13-12-21(19)26-20)27(24,25)14-8-4-7-11-18-9-5-3-6-10-18/h3,5-6,9-10,15H,4,7-8,11-14,16-17H2,1-2H3. The van der Waals surface area contributed by atoms with Crippen molar-refractivity contribution < 1.29 is 12.8 Å². The fourth-order valence-electron chi connectivity index (χ4n) is 3.56. The van der Waals surface area contributed by atoms with Crippen LogP contribution in [0, 0.1) is 0 Å². The Morgan fingerprint density at radius 1 is 1.11 bits per heavy atom. The number of nitrogens with zero attached hydrogens (tertiary/aromatic N) is 2. The Labute approximate surface area is 163 Å². The van der Waals surface area contributed by atoms with Gasteiger partial charge in [0.2, 0.25) is 10.0 Å². The fraction of sp³-hybridized carbons (Fsp3) is 0.524. The van der Waals surface area contributed by atoms with Gasteiger partial charge in [-0.15, -0.1) is 0 Å². The van der Waals surface area contributed by atoms with Crippen molar-refractivity contribution in [3.8, 4) is 0 Å². The molecule has 148 valence electrons. The first-order chi connectivity index (χ1) is 12.9. The summed E-state index contributed by atoms with van der Waals surface area (Å²) in [6.07, 6.45) is 4.36. The van der Waals surface area contributed by atoms with Gasteiger partial charge in [-0.2, -0.15) is 4.31 Å². The van der Waals surface area contributed by atoms with Gasteiger partial charge in [0.15, 0.2) is 0 Å². The van der Waals surface area contributed by atoms with Crippen LogP contribution in [0.1, 0.15) is 41.9 Å². The molecule has 0 radical (unpaired) electrons. The molecule has 0 unspecified atom stereocenters. The second-order valence-corrected chi connectivity index (χ2v) is 9.68. The van der Waals surface area contributed by atoms with E-state index >= 15 is 0 Å². The summed E-state index contributed by atoms with van der Waals surface area (Å²) < 4.78 is 32.9. The van der Waals surface area contributed by atoms with Crippen molar-refractivity contribution in [2.45, 2.75) is 45.2 Å². The van der Waals surface area contributed by atoms with Gasteiger partial charge in [-0.25, -0.2) is 8.42 Å². The summed E-state index contributed by atoms with van der Waals surface area (Å²) in [6.45, 7) is 1.70. The number of furan rings is 1. The van der Waals surface area contributed by atoms with E-state index in [1.165, 1.54) is 5.56 Å². The van der Waals surface area contributed by atoms with Gasteiger partial charge in [-0.3, -0.25) is 0 Å². The summed E-state index contributed by atoms with van der Waals surface area (Å²) in [5.41, 5.74) is 2.34. The molecule has 5 nitrogen and oxygen atoms in total. The van der Waals surface area contributed by atoms with E-state index in [2.05, 4.69) is 12.1 Å². The largest absolute Gasteiger partial charge is 0.464 e. The van der Waals surface area contributed by atoms with Crippen LogP contribution in [-0.2, 0) is 36.0 Å². The zero-order valence-electron chi connectivity index (χ0n) is 16.4. The van der Waals surface area contributed by atoms with Crippen LogP contribution in [0.15, 0.2) is 40.8 Å². The lowest BCUT2D eigenvalue weighted by atomic mass is 10.1. The van der Waals surface area contributed by atoms with Crippen molar-refractivity contribution >= 4 is 10.0 Å². The third-order valence-corrected chi connectivity index (χ3v) is 6.86. The summed E-state index contributed by atoms with van der Waals surface area (Å²) >= 11 is 0. The summed E-state index contributed by atoms with van der Waals surface area (Å²) in [4.78, 5) is 2.05. The van der Waals surface area contributed by atoms with Gasteiger partial charge in [0.25, 0.3) is 0 Å². The first-order valence-corrected chi connectivity index (χ1v) is 11.3. The molecule has 0 aliphatic carbocycles. The summed E-state index contributed by atoms with van der Waals surface area (Å²) in [6, 6.07) is 12.4. The molecule has 1 aliphatic rings. The maximum atomic E-state index is 12.7. The van der Waals surface area contributed by atoms with Gasteiger partial charge >= 0.3 is 0 Å². The van der Waals surface area contributed by atoms with Crippen LogP contribution in [0.5, 0.6) is 0 Å². The minimum atomic E-state index is -3.20. The molecule has 0 saturated heterocycles. The number of aryl methyl sites for hydroxylation is 1. The van der Waals surface area contributed by atoms with Gasteiger partial charge in [0.05, 0.1) is 12.3 Å². The minimum absolute atomic E-state index is 0.236. The molecule has 27 heavy (non-hydrogen) atoms. The number of rotatable bonds is 9. The normalized spacial score (nSPS) is 15.2. The highest BCUT2D eigenvalue weighted by Gasteiger charge is 2.28. The molecular formula is C21H30N2O3S. The first kappa shape index (κ1) is 20.1. The molecule has 3 rings (SSSR count). The second-order valence-electron chi connectivity index (χ2n) is 7.59. The van der Waals surface area contributed by atoms with Crippen molar-refractivity contribution in [1.82, 2.24) is 9.21 Å². The number of hydrogen-bond donors (Lipinski definition) is 0. The average Bonchev–Trinajstić information content (AvgIpc) is 3.02. The van der Waals surface area contributed by atoms with Gasteiger partial charge in [-0.05, 0) is 45.0 Å². The van der Waals surface area contributed by atoms with E-state index in [0.717, 1.165) is 49.3 Å². The van der Waals surface area contributed by atoms with Gasteiger partial charge in [-0.1, -0.05) is 36.8 Å². The van der Waals surface area contributed by atoms with E-state index in [1.807, 2.05) is 43.3 Å². The Morgan fingerprint density at radius 3 is 2.63 bits per heavy atom. The molecule has 0 spiro atoms. The van der Waals surface area contributed by atoms with E-state index in [4.69, 9.17) is 4.42 Å². The van der Waals surface area contributed by atoms with Crippen molar-refractivity contribution in [3.63, 3.8) is 0 Å². The molecule has 0 saturated carbocycles. The molecule has 0 N–H and O–H groups in total. The van der Waals surface area contributed by atoms with Gasteiger partial charge in [0.1, 0.15) is 11.5 Å². The molecule has 0 bridgehead atoms. The van der Waals surface area contributed by atoms with Crippen molar-refractivity contribution in [3.05, 3.63) is 59.0 Å². The van der Waals surface area contributed by atoms with E-state index < -0.39 is 10.0 Å². The van der Waals surface area contributed by atoms with E-state index in [-0.39, 0.29) is 5.75 Å². The number of unbranched alkanes of at least 4 members (excludes halogenated alkanes) is 2. The molecular weight excluding hydrogens is 360 g/mol. The average molecular weight is 391 g/mol. The van der Waals surface area contributed by atoms with E-state index in [9.17, 15) is 8.42 Å². The minimum Gasteiger partial charge on any atom is -0.464 e. The lowest BCUT2D eigenvalue weighted by molar-refractivity contribution is 0.324. The number of benzene rings is 1. The van der Waals surface area contributed by atoms with Crippen LogP contribution in [0.3, 0.4) is 0 Å². The summed E-state index contributed by atoms with van der Waals surface area (Å²) in [7, 11) is 0.789. The monoisotopic (exact) mass is 390 g/mol. The molecule has 0 amide bonds. The third kappa shape index (κ3) is 5.67. The lowest BCUT2D eigenvalue weighted by Crippen LogP contribution is -2.37. The van der Waals surface area contributed by atoms with Gasteiger partial charge < -0.3 is 9.32 Å². The van der Waals surface area contributed by atoms with Gasteiger partial charge in [0, 0.05) is 25.1 Å². The predicted octanol–water partition coefficient (Wildman–Crippen LogP) is 3.44. The maximum absolute atomic E-state index is 12.7. The summed E-state index contributed by atoms with van der Waals surface area (Å²) in [5.74, 6) is 2.09. The van der Waals surface area contributed by atoms with Crippen LogP contribution < -0.4 is 0 Å². The van der Waals surface area contributed by atoms with Crippen LogP contribution in [0.25, 0.3) is 0 Å². The van der Waals surface area contributed by atoms with Crippen LogP contribution >= 0.6 is 0 Å². The maximum Gasteiger partial charge on any atom is 0.214 e. The molecule has 0 atom stereocenters. The Bertz CT molecular complexity index is 828. The Balaban J connectivity index is 1.46. The van der Waals surface area contributed by atoms with Crippen molar-refractivity contribution in [2.75, 3.05) is 26.4 Å². The molecule has 1 aliphatic heterocycles. The molecule has 1 aromatic heterocycles. The number of fused-ring (bicyclic) bond motifs is 1. The molecule has 6 heteroatoms. The van der Waals surface area contributed by atoms with Crippen molar-refractivity contribution in [1.29, 1.82) is 0 Å². The molecule has 2 heterocycles. The topological polar surface area (TPSA) is 53.8 Å². The number of hydrogen-bond acceptors (Lipinski definition) is 4. The van der Waals surface area contributed by atoms with E-state index in [0.29, 0.717) is 19.5 Å². The highest BCUT2D eigenvalue weighted by Crippen LogP contribution is 2.25. The Morgan fingerprint density at radius 2 is 1.89 bits per heavy atom. The van der Waals surface area contributed by atoms with Crippen LogP contribution in [0.2, 0.25) is 0 Å². The lowest BCUT2D eigenvalue weighted by Gasteiger charge is -2.25. The Kier molecular flexibility index (Phi) is 6.73. The fourth-order valence-corrected chi connectivity index (χ4v) is 5.09. The van der Waals surface area contributed by atoms with Crippen molar-refractivity contribution in [2.24, 2.45) is 0 Å². The quantitative estimate of drug-likeness (QED) is 0.616. The molecule has 1 aromatic carbocycles. The highest BCUT2D eigenvalue weighted by atomic mass is 32.2. The Hall–Kier alpha value is -1.63. The van der Waals surface area contributed by atoms with E-state index in [1.54, 1.807) is 4.31 Å². The summed E-state index contributed by atoms with van der Waals surface area (Å²) in [5, 5.41) is 0. The van der Waals surface area contributed by atoms with Crippen LogP contribution in [0.4, 0.5) is 0 Å². The molecule has 2 aromatic rings.